The fourth-order valence-electron chi connectivity index (χ4n) is 2.24. The number of carbonyl (C=O) groups excluding carboxylic acids is 1. The number of nitrogens with zero attached hydrogens (tertiary/aromatic N) is 4. The minimum Gasteiger partial charge on any atom is -0.374 e. The second-order valence-corrected chi connectivity index (χ2v) is 4.57. The molecule has 6 nitrogen and oxygen atoms in total. The quantitative estimate of drug-likeness (QED) is 0.367. The van der Waals surface area contributed by atoms with Crippen molar-refractivity contribution in [1.82, 2.24) is 0 Å². The van der Waals surface area contributed by atoms with E-state index in [1.54, 1.807) is 6.07 Å². The molecule has 2 rings (SSSR count). The molecule has 1 fully saturated rings. The normalized spacial score (nSPS) is 18.5. The van der Waals surface area contributed by atoms with E-state index in [-0.39, 0.29) is 18.4 Å². The van der Waals surface area contributed by atoms with E-state index in [1.807, 2.05) is 4.90 Å². The Balaban J connectivity index is 2.22. The van der Waals surface area contributed by atoms with Gasteiger partial charge in [0.05, 0.1) is 19.3 Å². The van der Waals surface area contributed by atoms with E-state index in [0.717, 1.165) is 0 Å². The number of ketones is 1. The van der Waals surface area contributed by atoms with Crippen molar-refractivity contribution in [1.29, 1.82) is 0 Å². The van der Waals surface area contributed by atoms with Crippen LogP contribution >= 0.6 is 0 Å². The van der Waals surface area contributed by atoms with Gasteiger partial charge in [-0.25, -0.2) is 4.39 Å². The first-order valence-corrected chi connectivity index (χ1v) is 6.29. The predicted molar refractivity (Wildman–Crippen MR) is 72.4 cm³/mol. The van der Waals surface area contributed by atoms with Crippen LogP contribution in [0.15, 0.2) is 23.3 Å². The second-order valence-electron chi connectivity index (χ2n) is 4.57. The molecule has 1 aliphatic heterocycles. The summed E-state index contributed by atoms with van der Waals surface area (Å²) < 4.78 is 18.8. The highest BCUT2D eigenvalue weighted by atomic mass is 19.1. The van der Waals surface area contributed by atoms with Crippen LogP contribution < -0.4 is 4.90 Å². The zero-order valence-corrected chi connectivity index (χ0v) is 11.1. The van der Waals surface area contributed by atoms with Crippen molar-refractivity contribution < 1.29 is 13.9 Å². The molecule has 0 aromatic heterocycles. The number of azide groups is 1. The third-order valence-electron chi connectivity index (χ3n) is 3.17. The van der Waals surface area contributed by atoms with E-state index in [4.69, 9.17) is 10.3 Å². The fourth-order valence-corrected chi connectivity index (χ4v) is 2.24. The highest BCUT2D eigenvalue weighted by Crippen LogP contribution is 2.24. The van der Waals surface area contributed by atoms with Gasteiger partial charge in [-0.05, 0) is 30.7 Å². The van der Waals surface area contributed by atoms with Gasteiger partial charge in [-0.3, -0.25) is 4.79 Å². The van der Waals surface area contributed by atoms with Crippen molar-refractivity contribution >= 4 is 11.5 Å². The highest BCUT2D eigenvalue weighted by molar-refractivity contribution is 5.99. The SMILES string of the molecule is CC(=O)c1cc(F)ccc1N1CCOC(CN=[N+]=[N-])C1. The van der Waals surface area contributed by atoms with Crippen molar-refractivity contribution in [3.05, 3.63) is 40.0 Å². The molecule has 20 heavy (non-hydrogen) atoms. The number of rotatable bonds is 4. The molecule has 1 aliphatic rings. The summed E-state index contributed by atoms with van der Waals surface area (Å²) in [6, 6.07) is 4.18. The maximum Gasteiger partial charge on any atom is 0.161 e. The van der Waals surface area contributed by atoms with Crippen LogP contribution in [0.3, 0.4) is 0 Å². The van der Waals surface area contributed by atoms with Crippen molar-refractivity contribution in [2.24, 2.45) is 5.11 Å². The maximum atomic E-state index is 13.3. The number of halogens is 1. The van der Waals surface area contributed by atoms with E-state index >= 15 is 0 Å². The molecular formula is C13H15FN4O2. The minimum absolute atomic E-state index is 0.183. The van der Waals surface area contributed by atoms with Gasteiger partial charge in [0.1, 0.15) is 5.82 Å². The first-order valence-electron chi connectivity index (χ1n) is 6.29. The zero-order chi connectivity index (χ0) is 14.5. The zero-order valence-electron chi connectivity index (χ0n) is 11.1. The molecule has 1 atom stereocenters. The predicted octanol–water partition coefficient (Wildman–Crippen LogP) is 2.54. The summed E-state index contributed by atoms with van der Waals surface area (Å²) in [6.07, 6.45) is -0.218. The monoisotopic (exact) mass is 278 g/mol. The molecule has 7 heteroatoms. The average Bonchev–Trinajstić information content (AvgIpc) is 2.45. The van der Waals surface area contributed by atoms with Crippen molar-refractivity contribution in [2.75, 3.05) is 31.1 Å². The Morgan fingerprint density at radius 3 is 3.15 bits per heavy atom. The number of Topliss-reactive ketones (excluding diaryl/α,β-unsaturated/α-hetero) is 1. The summed E-state index contributed by atoms with van der Waals surface area (Å²) in [5.41, 5.74) is 9.37. The van der Waals surface area contributed by atoms with Crippen molar-refractivity contribution in [3.8, 4) is 0 Å². The number of hydrogen-bond donors (Lipinski definition) is 0. The lowest BCUT2D eigenvalue weighted by Crippen LogP contribution is -2.44. The number of ether oxygens (including phenoxy) is 1. The molecular weight excluding hydrogens is 263 g/mol. The van der Waals surface area contributed by atoms with Crippen LogP contribution in [0.4, 0.5) is 10.1 Å². The minimum atomic E-state index is -0.433. The molecule has 1 aromatic rings. The Labute approximate surface area is 115 Å². The van der Waals surface area contributed by atoms with Gasteiger partial charge in [-0.1, -0.05) is 5.11 Å². The third kappa shape index (κ3) is 3.26. The number of benzene rings is 1. The Morgan fingerprint density at radius 1 is 1.65 bits per heavy atom. The lowest BCUT2D eigenvalue weighted by Gasteiger charge is -2.34. The average molecular weight is 278 g/mol. The summed E-state index contributed by atoms with van der Waals surface area (Å²) in [7, 11) is 0. The first kappa shape index (κ1) is 14.3. The molecule has 0 amide bonds. The molecule has 0 N–H and O–H groups in total. The number of morpholine rings is 1. The van der Waals surface area contributed by atoms with Crippen LogP contribution in [0.25, 0.3) is 10.4 Å². The molecule has 106 valence electrons. The van der Waals surface area contributed by atoms with E-state index in [9.17, 15) is 9.18 Å². The Bertz CT molecular complexity index is 557. The molecule has 0 saturated carbocycles. The van der Waals surface area contributed by atoms with Crippen LogP contribution in [-0.2, 0) is 4.74 Å². The van der Waals surface area contributed by atoms with Crippen molar-refractivity contribution in [3.63, 3.8) is 0 Å². The number of hydrogen-bond acceptors (Lipinski definition) is 4. The molecule has 0 bridgehead atoms. The van der Waals surface area contributed by atoms with Crippen LogP contribution in [0.2, 0.25) is 0 Å². The first-order chi connectivity index (χ1) is 9.61. The van der Waals surface area contributed by atoms with Gasteiger partial charge >= 0.3 is 0 Å². The van der Waals surface area contributed by atoms with Crippen molar-refractivity contribution in [2.45, 2.75) is 13.0 Å². The van der Waals surface area contributed by atoms with Gasteiger partial charge in [0.15, 0.2) is 5.78 Å². The summed E-state index contributed by atoms with van der Waals surface area (Å²) in [4.78, 5) is 16.3. The number of carbonyl (C=O) groups is 1. The van der Waals surface area contributed by atoms with E-state index < -0.39 is 5.82 Å². The summed E-state index contributed by atoms with van der Waals surface area (Å²) >= 11 is 0. The second kappa shape index (κ2) is 6.36. The molecule has 0 aliphatic carbocycles. The van der Waals surface area contributed by atoms with Gasteiger partial charge in [0.2, 0.25) is 0 Å². The lowest BCUT2D eigenvalue weighted by molar-refractivity contribution is 0.0465. The topological polar surface area (TPSA) is 78.3 Å². The Kier molecular flexibility index (Phi) is 4.55. The molecule has 0 spiro atoms. The number of anilines is 1. The summed E-state index contributed by atoms with van der Waals surface area (Å²) in [5.74, 6) is -0.615. The van der Waals surface area contributed by atoms with Crippen LogP contribution in [0, 0.1) is 5.82 Å². The smallest absolute Gasteiger partial charge is 0.161 e. The van der Waals surface area contributed by atoms with Crippen LogP contribution in [0.1, 0.15) is 17.3 Å². The molecule has 1 heterocycles. The van der Waals surface area contributed by atoms with E-state index in [2.05, 4.69) is 10.0 Å². The third-order valence-corrected chi connectivity index (χ3v) is 3.17. The van der Waals surface area contributed by atoms with Gasteiger partial charge in [-0.2, -0.15) is 0 Å². The fraction of sp³-hybridized carbons (Fsp3) is 0.462. The van der Waals surface area contributed by atoms with E-state index in [0.29, 0.717) is 30.9 Å². The lowest BCUT2D eigenvalue weighted by atomic mass is 10.1. The molecule has 0 radical (unpaired) electrons. The maximum absolute atomic E-state index is 13.3. The summed E-state index contributed by atoms with van der Waals surface area (Å²) in [6.45, 7) is 3.24. The van der Waals surface area contributed by atoms with Gasteiger partial charge in [0.25, 0.3) is 0 Å². The van der Waals surface area contributed by atoms with Crippen LogP contribution in [0.5, 0.6) is 0 Å². The standard InChI is InChI=1S/C13H15FN4O2/c1-9(19)12-6-10(14)2-3-13(12)18-4-5-20-11(8-18)7-16-17-15/h2-3,6,11H,4-5,7-8H2,1H3. The van der Waals surface area contributed by atoms with Gasteiger partial charge < -0.3 is 9.64 Å². The Hall–Kier alpha value is -2.11. The largest absolute Gasteiger partial charge is 0.374 e. The Morgan fingerprint density at radius 2 is 2.45 bits per heavy atom. The summed E-state index contributed by atoms with van der Waals surface area (Å²) in [5, 5.41) is 3.50. The van der Waals surface area contributed by atoms with Gasteiger partial charge in [-0.15, -0.1) is 0 Å². The molecule has 1 saturated heterocycles. The van der Waals surface area contributed by atoms with E-state index in [1.165, 1.54) is 19.1 Å². The molecule has 1 aromatic carbocycles. The molecule has 1 unspecified atom stereocenters. The van der Waals surface area contributed by atoms with Crippen LogP contribution in [-0.4, -0.2) is 38.1 Å². The van der Waals surface area contributed by atoms with Gasteiger partial charge in [0, 0.05) is 29.3 Å². The highest BCUT2D eigenvalue weighted by Gasteiger charge is 2.23.